The van der Waals surface area contributed by atoms with Gasteiger partial charge in [0.15, 0.2) is 11.5 Å². The number of H-pyrrole nitrogens is 1. The van der Waals surface area contributed by atoms with Crippen LogP contribution in [-0.2, 0) is 12.8 Å². The highest BCUT2D eigenvalue weighted by Crippen LogP contribution is 2.48. The van der Waals surface area contributed by atoms with Gasteiger partial charge in [0.25, 0.3) is 0 Å². The maximum absolute atomic E-state index is 11.8. The molecule has 7 rings (SSSR count). The van der Waals surface area contributed by atoms with Crippen molar-refractivity contribution in [3.05, 3.63) is 94.6 Å². The second-order valence-corrected chi connectivity index (χ2v) is 15.3. The standard InChI is InChI=1S/C42H53N3O7/c43-39-20-27(13-16-45-39)31(21-29-5-3-15-44-29)30-11-12-35(48)41(51)42(30)52-38-23-33-26(19-36(38)49)10-9-25-18-28-8-7-24(14-17-46)4-1-2-6-34(47)40(28)37(50)22-32(25)33/h3,5,11-13,15,18-20,23-24,28,30-32,34-35,37,40-42,44-51H,1-2,4,6,9-10,14,16-17,21-22,43H2/t24-,28-,30+,31-,32-,34-,35+,37+,40+,41+,42+/m0/s1. The first-order chi connectivity index (χ1) is 25.2. The summed E-state index contributed by atoms with van der Waals surface area (Å²) in [6.07, 6.45) is 13.0. The third-order valence-corrected chi connectivity index (χ3v) is 12.0. The quantitative estimate of drug-likeness (QED) is 0.146. The van der Waals surface area contributed by atoms with Crippen LogP contribution in [0.4, 0.5) is 0 Å². The molecule has 0 saturated carbocycles. The summed E-state index contributed by atoms with van der Waals surface area (Å²) in [4.78, 5) is 3.29. The van der Waals surface area contributed by atoms with Crippen molar-refractivity contribution in [2.75, 3.05) is 13.2 Å². The summed E-state index contributed by atoms with van der Waals surface area (Å²) in [5, 5.41) is 69.6. The fraction of sp³-hybridized carbons (Fsp3) is 0.524. The van der Waals surface area contributed by atoms with E-state index in [0.29, 0.717) is 44.5 Å². The molecular formula is C42H53N3O7. The van der Waals surface area contributed by atoms with E-state index in [2.05, 4.69) is 34.3 Å². The maximum atomic E-state index is 11.8. The fourth-order valence-corrected chi connectivity index (χ4v) is 9.19. The number of aromatic hydroxyl groups is 1. The summed E-state index contributed by atoms with van der Waals surface area (Å²) >= 11 is 0. The van der Waals surface area contributed by atoms with Crippen LogP contribution in [0.15, 0.2) is 77.8 Å². The lowest BCUT2D eigenvalue weighted by Crippen LogP contribution is -2.50. The molecule has 0 bridgehead atoms. The van der Waals surface area contributed by atoms with Crippen LogP contribution in [0.25, 0.3) is 0 Å². The Labute approximate surface area is 305 Å². The van der Waals surface area contributed by atoms with E-state index in [1.165, 1.54) is 0 Å². The third kappa shape index (κ3) is 7.71. The minimum Gasteiger partial charge on any atom is -0.504 e. The van der Waals surface area contributed by atoms with Crippen molar-refractivity contribution in [2.24, 2.45) is 35.3 Å². The van der Waals surface area contributed by atoms with Gasteiger partial charge in [-0.05, 0) is 97.9 Å². The van der Waals surface area contributed by atoms with E-state index in [0.717, 1.165) is 53.7 Å². The van der Waals surface area contributed by atoms with Crippen LogP contribution in [0.3, 0.4) is 0 Å². The van der Waals surface area contributed by atoms with Crippen molar-refractivity contribution < 1.29 is 35.4 Å². The number of phenols is 1. The number of dihydropyridines is 1. The summed E-state index contributed by atoms with van der Waals surface area (Å²) < 4.78 is 6.63. The van der Waals surface area contributed by atoms with Crippen molar-refractivity contribution in [2.45, 2.75) is 94.2 Å². The van der Waals surface area contributed by atoms with Gasteiger partial charge in [-0.25, -0.2) is 0 Å². The number of nitrogens with one attached hydrogen (secondary N) is 2. The molecule has 10 heteroatoms. The SMILES string of the molecule is NC1=CC([C@H](Cc2ccc[nH]2)[C@H]2C=C[C@@H](O)[C@@H](O)[C@@H]2Oc2cc3c(cc2O)CCC2=C[C@@H]4C#C[C@@H](CCO)CCCC[C@H](O)[C@@H]4[C@H](O)C[C@@H]23)=CCN1. The molecule has 1 aromatic heterocycles. The molecule has 11 atom stereocenters. The molecule has 0 amide bonds. The molecule has 10 N–H and O–H groups in total. The predicted molar refractivity (Wildman–Crippen MR) is 198 cm³/mol. The van der Waals surface area contributed by atoms with Crippen molar-refractivity contribution in [3.8, 4) is 23.3 Å². The number of benzene rings is 1. The highest BCUT2D eigenvalue weighted by Gasteiger charge is 2.43. The van der Waals surface area contributed by atoms with Crippen molar-refractivity contribution in [1.82, 2.24) is 10.3 Å². The van der Waals surface area contributed by atoms with Gasteiger partial charge in [-0.3, -0.25) is 0 Å². The topological polar surface area (TPSA) is 184 Å². The molecule has 278 valence electrons. The third-order valence-electron chi connectivity index (χ3n) is 12.0. The molecule has 0 spiro atoms. The zero-order chi connectivity index (χ0) is 36.4. The number of aliphatic hydroxyl groups excluding tert-OH is 5. The van der Waals surface area contributed by atoms with Crippen LogP contribution in [0.5, 0.6) is 11.5 Å². The number of fused-ring (bicyclic) bond motifs is 4. The minimum atomic E-state index is -1.27. The van der Waals surface area contributed by atoms with Gasteiger partial charge in [0.2, 0.25) is 0 Å². The second-order valence-electron chi connectivity index (χ2n) is 15.3. The molecule has 0 unspecified atom stereocenters. The Morgan fingerprint density at radius 3 is 2.65 bits per heavy atom. The van der Waals surface area contributed by atoms with Crippen LogP contribution in [0.1, 0.15) is 67.7 Å². The van der Waals surface area contributed by atoms with Crippen LogP contribution in [-0.4, -0.2) is 79.3 Å². The van der Waals surface area contributed by atoms with E-state index >= 15 is 0 Å². The number of nitrogens with two attached hydrogens (primary N) is 1. The largest absolute Gasteiger partial charge is 0.504 e. The Bertz CT molecular complexity index is 1750. The number of aryl methyl sites for hydroxylation is 1. The monoisotopic (exact) mass is 711 g/mol. The molecule has 2 aromatic rings. The molecule has 1 aromatic carbocycles. The average Bonchev–Trinajstić information content (AvgIpc) is 3.59. The summed E-state index contributed by atoms with van der Waals surface area (Å²) in [6, 6.07) is 7.53. The van der Waals surface area contributed by atoms with E-state index in [1.807, 2.05) is 36.5 Å². The summed E-state index contributed by atoms with van der Waals surface area (Å²) in [6.45, 7) is 0.645. The van der Waals surface area contributed by atoms with Gasteiger partial charge < -0.3 is 51.4 Å². The fourth-order valence-electron chi connectivity index (χ4n) is 9.19. The smallest absolute Gasteiger partial charge is 0.161 e. The molecular weight excluding hydrogens is 658 g/mol. The van der Waals surface area contributed by atoms with Crippen molar-refractivity contribution >= 4 is 0 Å². The Kier molecular flexibility index (Phi) is 11.2. The molecule has 5 aliphatic rings. The summed E-state index contributed by atoms with van der Waals surface area (Å²) in [5.41, 5.74) is 11.2. The van der Waals surface area contributed by atoms with Gasteiger partial charge in [0.1, 0.15) is 18.3 Å². The minimum absolute atomic E-state index is 0.0492. The first-order valence-electron chi connectivity index (χ1n) is 19.0. The predicted octanol–water partition coefficient (Wildman–Crippen LogP) is 3.45. The highest BCUT2D eigenvalue weighted by atomic mass is 16.5. The van der Waals surface area contributed by atoms with Gasteiger partial charge in [-0.15, -0.1) is 0 Å². The maximum Gasteiger partial charge on any atom is 0.161 e. The molecule has 1 aliphatic heterocycles. The first kappa shape index (κ1) is 36.4. The number of aliphatic hydroxyl groups is 5. The van der Waals surface area contributed by atoms with E-state index in [-0.39, 0.29) is 47.7 Å². The highest BCUT2D eigenvalue weighted by molar-refractivity contribution is 5.52. The Balaban J connectivity index is 1.22. The van der Waals surface area contributed by atoms with Crippen molar-refractivity contribution in [1.29, 1.82) is 0 Å². The number of hydrogen-bond donors (Lipinski definition) is 9. The zero-order valence-corrected chi connectivity index (χ0v) is 29.6. The number of hydrogen-bond acceptors (Lipinski definition) is 9. The Morgan fingerprint density at radius 2 is 1.87 bits per heavy atom. The number of aromatic amines is 1. The molecule has 52 heavy (non-hydrogen) atoms. The number of rotatable bonds is 8. The summed E-state index contributed by atoms with van der Waals surface area (Å²) in [7, 11) is 0. The first-order valence-corrected chi connectivity index (χ1v) is 19.0. The number of aromatic nitrogens is 1. The Morgan fingerprint density at radius 1 is 1.02 bits per heavy atom. The van der Waals surface area contributed by atoms with Crippen molar-refractivity contribution in [3.63, 3.8) is 0 Å². The molecule has 0 radical (unpaired) electrons. The molecule has 4 aliphatic carbocycles. The Hall–Kier alpha value is -3.98. The van der Waals surface area contributed by atoms with Crippen LogP contribution in [0.2, 0.25) is 0 Å². The lowest BCUT2D eigenvalue weighted by atomic mass is 9.73. The van der Waals surface area contributed by atoms with Gasteiger partial charge in [-0.1, -0.05) is 54.6 Å². The van der Waals surface area contributed by atoms with Crippen LogP contribution in [0, 0.1) is 41.4 Å². The van der Waals surface area contributed by atoms with E-state index in [1.54, 1.807) is 12.1 Å². The van der Waals surface area contributed by atoms with E-state index in [9.17, 15) is 30.6 Å². The van der Waals surface area contributed by atoms with E-state index < -0.39 is 36.4 Å². The van der Waals surface area contributed by atoms with Crippen LogP contribution < -0.4 is 15.8 Å². The zero-order valence-electron chi connectivity index (χ0n) is 29.6. The molecule has 10 nitrogen and oxygen atoms in total. The molecule has 2 heterocycles. The van der Waals surface area contributed by atoms with E-state index in [4.69, 9.17) is 10.5 Å². The lowest BCUT2D eigenvalue weighted by Gasteiger charge is -2.40. The van der Waals surface area contributed by atoms with Crippen LogP contribution >= 0.6 is 0 Å². The van der Waals surface area contributed by atoms with Gasteiger partial charge >= 0.3 is 0 Å². The van der Waals surface area contributed by atoms with Gasteiger partial charge in [0, 0.05) is 54.6 Å². The normalized spacial score (nSPS) is 33.6. The summed E-state index contributed by atoms with van der Waals surface area (Å²) in [5.74, 6) is 6.10. The number of phenolic OH excluding ortho intramolecular Hbond substituents is 1. The second kappa shape index (κ2) is 15.9. The average molecular weight is 712 g/mol. The lowest BCUT2D eigenvalue weighted by molar-refractivity contribution is -0.0608. The van der Waals surface area contributed by atoms with Gasteiger partial charge in [-0.2, -0.15) is 0 Å². The molecule has 0 saturated heterocycles. The molecule has 0 fully saturated rings. The van der Waals surface area contributed by atoms with Gasteiger partial charge in [0.05, 0.1) is 18.0 Å². The number of ether oxygens (including phenoxy) is 1. The number of allylic oxidation sites excluding steroid dienone is 4.